The summed E-state index contributed by atoms with van der Waals surface area (Å²) in [6.07, 6.45) is 2.13. The molecule has 0 aromatic heterocycles. The summed E-state index contributed by atoms with van der Waals surface area (Å²) in [7, 11) is 0. The number of benzene rings is 2. The Bertz CT molecular complexity index is 1260. The van der Waals surface area contributed by atoms with Crippen molar-refractivity contribution in [3.05, 3.63) is 63.6 Å². The van der Waals surface area contributed by atoms with Gasteiger partial charge in [-0.15, -0.1) is 0 Å². The van der Waals surface area contributed by atoms with Crippen molar-refractivity contribution in [2.75, 3.05) is 6.61 Å². The molecule has 4 atom stereocenters. The number of halogens is 2. The van der Waals surface area contributed by atoms with E-state index in [0.29, 0.717) is 23.8 Å². The molecule has 0 N–H and O–H groups in total. The number of rotatable bonds is 7. The van der Waals surface area contributed by atoms with Gasteiger partial charge < -0.3 is 9.47 Å². The summed E-state index contributed by atoms with van der Waals surface area (Å²) in [6, 6.07) is 8.94. The van der Waals surface area contributed by atoms with Crippen molar-refractivity contribution in [3.8, 4) is 5.75 Å². The second kappa shape index (κ2) is 11.0. The Balaban J connectivity index is 1.31. The van der Waals surface area contributed by atoms with Gasteiger partial charge in [-0.05, 0) is 74.6 Å². The highest BCUT2D eigenvalue weighted by atomic mass is 35.5. The van der Waals surface area contributed by atoms with Crippen molar-refractivity contribution in [2.45, 2.75) is 39.2 Å². The number of ketones is 1. The maximum atomic E-state index is 12.8. The van der Waals surface area contributed by atoms with Gasteiger partial charge in [-0.3, -0.25) is 19.3 Å². The lowest BCUT2D eigenvalue weighted by Gasteiger charge is -2.25. The summed E-state index contributed by atoms with van der Waals surface area (Å²) < 4.78 is 10.4. The van der Waals surface area contributed by atoms with Crippen LogP contribution in [0.25, 0.3) is 0 Å². The van der Waals surface area contributed by atoms with E-state index in [4.69, 9.17) is 32.7 Å². The first-order valence-corrected chi connectivity index (χ1v) is 12.7. The molecule has 2 amide bonds. The zero-order chi connectivity index (χ0) is 26.9. The molecular formula is C27H25Cl2NO7. The molecule has 0 spiro atoms. The Labute approximate surface area is 223 Å². The summed E-state index contributed by atoms with van der Waals surface area (Å²) in [5.74, 6) is -2.89. The number of amides is 2. The van der Waals surface area contributed by atoms with E-state index in [1.165, 1.54) is 49.4 Å². The largest absolute Gasteiger partial charge is 0.456 e. The molecule has 37 heavy (non-hydrogen) atoms. The Morgan fingerprint density at radius 1 is 0.946 bits per heavy atom. The van der Waals surface area contributed by atoms with Crippen molar-refractivity contribution in [1.82, 2.24) is 4.90 Å². The van der Waals surface area contributed by atoms with Gasteiger partial charge in [0.1, 0.15) is 11.8 Å². The van der Waals surface area contributed by atoms with Crippen molar-refractivity contribution < 1.29 is 33.4 Å². The van der Waals surface area contributed by atoms with E-state index in [2.05, 4.69) is 0 Å². The first-order valence-electron chi connectivity index (χ1n) is 11.9. The third-order valence-corrected chi connectivity index (χ3v) is 7.58. The van der Waals surface area contributed by atoms with Crippen molar-refractivity contribution in [2.24, 2.45) is 17.8 Å². The normalized spacial score (nSPS) is 21.8. The monoisotopic (exact) mass is 545 g/mol. The van der Waals surface area contributed by atoms with Gasteiger partial charge in [0.25, 0.3) is 0 Å². The van der Waals surface area contributed by atoms with Crippen molar-refractivity contribution in [3.63, 3.8) is 0 Å². The predicted octanol–water partition coefficient (Wildman–Crippen LogP) is 4.75. The van der Waals surface area contributed by atoms with Crippen LogP contribution in [0.15, 0.2) is 42.5 Å². The van der Waals surface area contributed by atoms with Gasteiger partial charge in [-0.1, -0.05) is 30.1 Å². The molecule has 1 aliphatic carbocycles. The zero-order valence-electron chi connectivity index (χ0n) is 20.2. The molecule has 4 rings (SSSR count). The molecule has 1 heterocycles. The molecule has 0 bridgehead atoms. The molecule has 10 heteroatoms. The fraction of sp³-hybridized carbons (Fsp3) is 0.370. The highest BCUT2D eigenvalue weighted by molar-refractivity contribution is 6.42. The number of hydrogen-bond donors (Lipinski definition) is 0. The van der Waals surface area contributed by atoms with Crippen LogP contribution in [0.2, 0.25) is 10.0 Å². The average molecular weight is 546 g/mol. The summed E-state index contributed by atoms with van der Waals surface area (Å²) in [5.41, 5.74) is 0.433. The Morgan fingerprint density at radius 2 is 1.59 bits per heavy atom. The van der Waals surface area contributed by atoms with Gasteiger partial charge in [-0.2, -0.15) is 0 Å². The Kier molecular flexibility index (Phi) is 7.99. The van der Waals surface area contributed by atoms with Gasteiger partial charge in [0.05, 0.1) is 27.4 Å². The molecule has 1 saturated carbocycles. The van der Waals surface area contributed by atoms with Crippen molar-refractivity contribution in [1.29, 1.82) is 0 Å². The number of ether oxygens (including phenoxy) is 2. The quantitative estimate of drug-likeness (QED) is 0.214. The molecule has 4 unspecified atom stereocenters. The smallest absolute Gasteiger partial charge is 0.343 e. The highest BCUT2D eigenvalue weighted by Gasteiger charge is 2.52. The SMILES string of the molecule is CC1CCC2C(=O)N(C(C)C(=O)OCC(=O)c3ccc(OC(=O)c4ccc(Cl)c(Cl)c4)cc3)C(=O)C2C1. The Hall–Kier alpha value is -3.23. The number of fused-ring (bicyclic) bond motifs is 1. The number of Topliss-reactive ketones (excluding diaryl/α,β-unsaturated/α-hetero) is 1. The summed E-state index contributed by atoms with van der Waals surface area (Å²) >= 11 is 11.8. The number of carbonyl (C=O) groups is 5. The number of likely N-dealkylation sites (tertiary alicyclic amines) is 1. The van der Waals surface area contributed by atoms with Crippen molar-refractivity contribution >= 4 is 52.7 Å². The lowest BCUT2D eigenvalue weighted by molar-refractivity contribution is -0.157. The maximum absolute atomic E-state index is 12.8. The molecule has 0 radical (unpaired) electrons. The molecule has 1 aliphatic heterocycles. The van der Waals surface area contributed by atoms with Crippen LogP contribution in [-0.2, 0) is 19.1 Å². The number of hydrogen-bond acceptors (Lipinski definition) is 7. The van der Waals surface area contributed by atoms with E-state index in [1.54, 1.807) is 0 Å². The predicted molar refractivity (Wildman–Crippen MR) is 134 cm³/mol. The maximum Gasteiger partial charge on any atom is 0.343 e. The number of nitrogens with zero attached hydrogens (tertiary/aromatic N) is 1. The molecule has 194 valence electrons. The van der Waals surface area contributed by atoms with Gasteiger partial charge in [0.15, 0.2) is 12.4 Å². The second-order valence-corrected chi connectivity index (χ2v) is 10.2. The fourth-order valence-electron chi connectivity index (χ4n) is 4.74. The molecule has 2 fully saturated rings. The van der Waals surface area contributed by atoms with Crippen LogP contribution in [0, 0.1) is 17.8 Å². The Morgan fingerprint density at radius 3 is 2.27 bits per heavy atom. The average Bonchev–Trinajstić information content (AvgIpc) is 3.12. The third-order valence-electron chi connectivity index (χ3n) is 6.84. The fourth-order valence-corrected chi connectivity index (χ4v) is 5.04. The van der Waals surface area contributed by atoms with E-state index in [0.717, 1.165) is 11.3 Å². The summed E-state index contributed by atoms with van der Waals surface area (Å²) in [4.78, 5) is 64.0. The number of esters is 2. The highest BCUT2D eigenvalue weighted by Crippen LogP contribution is 2.41. The molecule has 2 aliphatic rings. The molecule has 2 aromatic rings. The third kappa shape index (κ3) is 5.70. The van der Waals surface area contributed by atoms with E-state index >= 15 is 0 Å². The number of imide groups is 1. The van der Waals surface area contributed by atoms with Gasteiger partial charge in [0.2, 0.25) is 11.8 Å². The molecule has 8 nitrogen and oxygen atoms in total. The minimum atomic E-state index is -1.11. The minimum Gasteiger partial charge on any atom is -0.456 e. The van der Waals surface area contributed by atoms with E-state index in [9.17, 15) is 24.0 Å². The molecule has 1 saturated heterocycles. The van der Waals surface area contributed by atoms with Crippen LogP contribution < -0.4 is 4.74 Å². The van der Waals surface area contributed by atoms with Crippen LogP contribution in [-0.4, -0.2) is 47.1 Å². The van der Waals surface area contributed by atoms with Crippen LogP contribution in [0.1, 0.15) is 53.8 Å². The molecular weight excluding hydrogens is 521 g/mol. The van der Waals surface area contributed by atoms with Crippen LogP contribution in [0.4, 0.5) is 0 Å². The second-order valence-electron chi connectivity index (χ2n) is 9.43. The van der Waals surface area contributed by atoms with Gasteiger partial charge >= 0.3 is 11.9 Å². The first kappa shape index (κ1) is 26.8. The zero-order valence-corrected chi connectivity index (χ0v) is 21.8. The lowest BCUT2D eigenvalue weighted by atomic mass is 9.76. The van der Waals surface area contributed by atoms with Gasteiger partial charge in [-0.25, -0.2) is 9.59 Å². The summed E-state index contributed by atoms with van der Waals surface area (Å²) in [6.45, 7) is 2.91. The van der Waals surface area contributed by atoms with Crippen LogP contribution in [0.5, 0.6) is 5.75 Å². The minimum absolute atomic E-state index is 0.195. The standard InChI is InChI=1S/C27H25Cl2NO7/c1-14-3-9-19-20(11-14)25(33)30(24(19)32)15(2)26(34)36-13-23(31)16-4-7-18(8-5-16)37-27(35)17-6-10-21(28)22(29)12-17/h4-8,10,12,14-15,19-20H,3,9,11,13H2,1-2H3. The topological polar surface area (TPSA) is 107 Å². The summed E-state index contributed by atoms with van der Waals surface area (Å²) in [5, 5.41) is 0.523. The van der Waals surface area contributed by atoms with Crippen LogP contribution >= 0.6 is 23.2 Å². The van der Waals surface area contributed by atoms with E-state index in [-0.39, 0.29) is 39.6 Å². The van der Waals surface area contributed by atoms with E-state index in [1.807, 2.05) is 6.92 Å². The van der Waals surface area contributed by atoms with E-state index < -0.39 is 36.3 Å². The number of carbonyl (C=O) groups excluding carboxylic acids is 5. The molecule has 2 aromatic carbocycles. The van der Waals surface area contributed by atoms with Crippen LogP contribution in [0.3, 0.4) is 0 Å². The lowest BCUT2D eigenvalue weighted by Crippen LogP contribution is -2.44. The van der Waals surface area contributed by atoms with Gasteiger partial charge in [0, 0.05) is 5.56 Å². The first-order chi connectivity index (χ1) is 17.6.